The van der Waals surface area contributed by atoms with Crippen LogP contribution in [0.5, 0.6) is 11.5 Å². The summed E-state index contributed by atoms with van der Waals surface area (Å²) in [5, 5.41) is 0.219. The van der Waals surface area contributed by atoms with Crippen LogP contribution in [0.4, 0.5) is 8.78 Å². The molecule has 0 bridgehead atoms. The first-order valence-electron chi connectivity index (χ1n) is 12.4. The number of hydrogen-bond donors (Lipinski definition) is 0. The van der Waals surface area contributed by atoms with Crippen molar-refractivity contribution in [3.63, 3.8) is 0 Å². The summed E-state index contributed by atoms with van der Waals surface area (Å²) in [6, 6.07) is 17.6. The summed E-state index contributed by atoms with van der Waals surface area (Å²) in [5.74, 6) is -0.881. The molecule has 7 heteroatoms. The lowest BCUT2D eigenvalue weighted by atomic mass is 9.90. The number of ether oxygens (including phenoxy) is 2. The molecule has 0 aliphatic carbocycles. The third-order valence-electron chi connectivity index (χ3n) is 6.58. The molecule has 4 aromatic carbocycles. The average molecular weight is 549 g/mol. The third-order valence-corrected chi connectivity index (χ3v) is 6.88. The molecule has 0 aromatic heterocycles. The first-order valence-corrected chi connectivity index (χ1v) is 12.8. The van der Waals surface area contributed by atoms with Crippen LogP contribution in [0.3, 0.4) is 0 Å². The van der Waals surface area contributed by atoms with E-state index >= 15 is 0 Å². The Balaban J connectivity index is 1.58. The minimum absolute atomic E-state index is 0.0976. The fourth-order valence-electron chi connectivity index (χ4n) is 4.44. The molecular weight excluding hydrogens is 522 g/mol. The lowest BCUT2D eigenvalue weighted by Crippen LogP contribution is -2.04. The molecule has 200 valence electrons. The highest BCUT2D eigenvalue weighted by Gasteiger charge is 2.16. The Morgan fingerprint density at radius 2 is 1.49 bits per heavy atom. The predicted molar refractivity (Wildman–Crippen MR) is 148 cm³/mol. The first-order chi connectivity index (χ1) is 18.7. The number of hydrogen-bond acceptors (Lipinski definition) is 4. The Morgan fingerprint density at radius 1 is 0.846 bits per heavy atom. The molecule has 4 rings (SSSR count). The van der Waals surface area contributed by atoms with Crippen LogP contribution in [-0.2, 0) is 13.2 Å². The van der Waals surface area contributed by atoms with Crippen molar-refractivity contribution >= 4 is 23.7 Å². The molecule has 0 aliphatic rings. The normalized spacial score (nSPS) is 10.8. The summed E-state index contributed by atoms with van der Waals surface area (Å²) >= 11 is 6.38. The van der Waals surface area contributed by atoms with E-state index in [0.29, 0.717) is 24.0 Å². The van der Waals surface area contributed by atoms with Gasteiger partial charge >= 0.3 is 0 Å². The molecule has 0 N–H and O–H groups in total. The number of carbonyl (C=O) groups is 2. The second-order valence-corrected chi connectivity index (χ2v) is 9.55. The van der Waals surface area contributed by atoms with E-state index in [2.05, 4.69) is 0 Å². The van der Waals surface area contributed by atoms with E-state index in [0.717, 1.165) is 46.0 Å². The zero-order valence-electron chi connectivity index (χ0n) is 21.8. The molecule has 4 nitrogen and oxygen atoms in total. The van der Waals surface area contributed by atoms with Crippen molar-refractivity contribution in [2.45, 2.75) is 40.4 Å². The molecule has 39 heavy (non-hydrogen) atoms. The minimum Gasteiger partial charge on any atom is -0.488 e. The van der Waals surface area contributed by atoms with Crippen LogP contribution < -0.4 is 9.47 Å². The number of ketones is 1. The highest BCUT2D eigenvalue weighted by molar-refractivity contribution is 6.32. The van der Waals surface area contributed by atoms with E-state index in [1.165, 1.54) is 12.1 Å². The standard InChI is InChI=1S/C32H27ClF2O4/c1-4-30(37)28-10-6-9-27(20(28)3)26-8-5-7-22(19(26)2)18-39-32-15-31(23(16-36)13-29(32)33)38-17-21-11-24(34)14-25(35)12-21/h5-16H,4,17-18H2,1-3H3. The van der Waals surface area contributed by atoms with Gasteiger partial charge in [0, 0.05) is 24.1 Å². The number of benzene rings is 4. The zero-order chi connectivity index (χ0) is 28.1. The molecule has 0 amide bonds. The van der Waals surface area contributed by atoms with Gasteiger partial charge in [-0.3, -0.25) is 9.59 Å². The number of Topliss-reactive ketones (excluding diaryl/α,β-unsaturated/α-hetero) is 1. The number of carbonyl (C=O) groups excluding carboxylic acids is 2. The summed E-state index contributed by atoms with van der Waals surface area (Å²) in [4.78, 5) is 24.0. The van der Waals surface area contributed by atoms with Gasteiger partial charge in [0.05, 0.1) is 10.6 Å². The lowest BCUT2D eigenvalue weighted by molar-refractivity contribution is 0.0987. The van der Waals surface area contributed by atoms with Gasteiger partial charge in [0.15, 0.2) is 12.1 Å². The molecule has 0 aliphatic heterocycles. The van der Waals surface area contributed by atoms with Crippen molar-refractivity contribution in [3.8, 4) is 22.6 Å². The van der Waals surface area contributed by atoms with E-state index in [1.54, 1.807) is 0 Å². The zero-order valence-corrected chi connectivity index (χ0v) is 22.6. The second kappa shape index (κ2) is 12.2. The Hall–Kier alpha value is -4.03. The number of aldehydes is 1. The molecule has 0 saturated carbocycles. The van der Waals surface area contributed by atoms with Gasteiger partial charge in [-0.25, -0.2) is 8.78 Å². The maximum Gasteiger partial charge on any atom is 0.162 e. The van der Waals surface area contributed by atoms with Crippen LogP contribution in [0.15, 0.2) is 66.7 Å². The fourth-order valence-corrected chi connectivity index (χ4v) is 4.67. The maximum atomic E-state index is 13.5. The van der Waals surface area contributed by atoms with E-state index in [4.69, 9.17) is 21.1 Å². The lowest BCUT2D eigenvalue weighted by Gasteiger charge is -2.17. The average Bonchev–Trinajstić information content (AvgIpc) is 2.91. The van der Waals surface area contributed by atoms with Gasteiger partial charge in [-0.15, -0.1) is 0 Å². The smallest absolute Gasteiger partial charge is 0.162 e. The van der Waals surface area contributed by atoms with Gasteiger partial charge in [0.25, 0.3) is 0 Å². The van der Waals surface area contributed by atoms with Gasteiger partial charge in [-0.1, -0.05) is 54.9 Å². The Morgan fingerprint density at radius 3 is 2.15 bits per heavy atom. The summed E-state index contributed by atoms with van der Waals surface area (Å²) in [6.45, 7) is 5.82. The molecule has 0 spiro atoms. The van der Waals surface area contributed by atoms with E-state index in [1.807, 2.05) is 57.2 Å². The van der Waals surface area contributed by atoms with E-state index < -0.39 is 11.6 Å². The highest BCUT2D eigenvalue weighted by Crippen LogP contribution is 2.35. The topological polar surface area (TPSA) is 52.6 Å². The number of halogens is 3. The van der Waals surface area contributed by atoms with Gasteiger partial charge in [-0.2, -0.15) is 0 Å². The summed E-state index contributed by atoms with van der Waals surface area (Å²) < 4.78 is 38.8. The summed E-state index contributed by atoms with van der Waals surface area (Å²) in [6.07, 6.45) is 1.02. The third kappa shape index (κ3) is 6.35. The molecule has 0 saturated heterocycles. The van der Waals surface area contributed by atoms with E-state index in [9.17, 15) is 18.4 Å². The summed E-state index contributed by atoms with van der Waals surface area (Å²) in [7, 11) is 0. The first kappa shape index (κ1) is 28.0. The van der Waals surface area contributed by atoms with Gasteiger partial charge in [0.2, 0.25) is 0 Å². The Labute approximate surface area is 231 Å². The van der Waals surface area contributed by atoms with Gasteiger partial charge < -0.3 is 9.47 Å². The SMILES string of the molecule is CCC(=O)c1cccc(-c2cccc(COc3cc(OCc4cc(F)cc(F)c4)c(C=O)cc3Cl)c2C)c1C. The quantitative estimate of drug-likeness (QED) is 0.147. The molecule has 0 fully saturated rings. The van der Waals surface area contributed by atoms with Crippen molar-refractivity contribution < 1.29 is 27.8 Å². The van der Waals surface area contributed by atoms with Crippen molar-refractivity contribution in [2.24, 2.45) is 0 Å². The molecule has 0 heterocycles. The van der Waals surface area contributed by atoms with Crippen molar-refractivity contribution in [1.82, 2.24) is 0 Å². The van der Waals surface area contributed by atoms with Crippen LogP contribution in [0.2, 0.25) is 5.02 Å². The molecule has 0 radical (unpaired) electrons. The highest BCUT2D eigenvalue weighted by atomic mass is 35.5. The van der Waals surface area contributed by atoms with Gasteiger partial charge in [0.1, 0.15) is 36.3 Å². The van der Waals surface area contributed by atoms with E-state index in [-0.39, 0.29) is 40.9 Å². The molecule has 0 unspecified atom stereocenters. The molecule has 0 atom stereocenters. The predicted octanol–water partition coefficient (Wildman–Crippen LogP) is 8.47. The van der Waals surface area contributed by atoms with Crippen LogP contribution in [0, 0.1) is 25.5 Å². The van der Waals surface area contributed by atoms with Crippen LogP contribution in [0.1, 0.15) is 56.3 Å². The Kier molecular flexibility index (Phi) is 8.77. The van der Waals surface area contributed by atoms with Crippen LogP contribution in [-0.4, -0.2) is 12.1 Å². The van der Waals surface area contributed by atoms with Crippen molar-refractivity contribution in [2.75, 3.05) is 0 Å². The van der Waals surface area contributed by atoms with Crippen LogP contribution in [0.25, 0.3) is 11.1 Å². The molecule has 4 aromatic rings. The summed E-state index contributed by atoms with van der Waals surface area (Å²) in [5.41, 5.74) is 5.97. The fraction of sp³-hybridized carbons (Fsp3) is 0.188. The van der Waals surface area contributed by atoms with Crippen molar-refractivity contribution in [3.05, 3.63) is 117 Å². The van der Waals surface area contributed by atoms with Crippen molar-refractivity contribution in [1.29, 1.82) is 0 Å². The second-order valence-electron chi connectivity index (χ2n) is 9.14. The minimum atomic E-state index is -0.721. The maximum absolute atomic E-state index is 13.5. The monoisotopic (exact) mass is 548 g/mol. The Bertz CT molecular complexity index is 1530. The van der Waals surface area contributed by atoms with Gasteiger partial charge in [-0.05, 0) is 65.4 Å². The largest absolute Gasteiger partial charge is 0.488 e. The van der Waals surface area contributed by atoms with Crippen LogP contribution >= 0.6 is 11.6 Å². The number of rotatable bonds is 10. The molecular formula is C32H27ClF2O4.